The minimum absolute atomic E-state index is 0.187. The van der Waals surface area contributed by atoms with Crippen LogP contribution in [0.4, 0.5) is 13.2 Å². The minimum Gasteiger partial charge on any atom is -0.381 e. The molecule has 0 atom stereocenters. The van der Waals surface area contributed by atoms with Crippen LogP contribution in [0.25, 0.3) is 0 Å². The Labute approximate surface area is 130 Å². The molecule has 1 amide bonds. The highest BCUT2D eigenvalue weighted by Gasteiger charge is 2.39. The van der Waals surface area contributed by atoms with E-state index in [1.54, 1.807) is 0 Å². The number of amides is 1. The monoisotopic (exact) mass is 333 g/mol. The molecule has 0 aliphatic carbocycles. The summed E-state index contributed by atoms with van der Waals surface area (Å²) >= 11 is 0. The molecule has 0 aromatic carbocycles. The maximum atomic E-state index is 12.6. The number of halogens is 3. The largest absolute Gasteiger partial charge is 0.432 e. The van der Waals surface area contributed by atoms with E-state index in [4.69, 9.17) is 9.47 Å². The molecule has 6 nitrogen and oxygen atoms in total. The molecule has 3 rings (SSSR count). The van der Waals surface area contributed by atoms with Crippen molar-refractivity contribution in [3.8, 4) is 0 Å². The van der Waals surface area contributed by atoms with Gasteiger partial charge in [0.05, 0.1) is 13.2 Å². The summed E-state index contributed by atoms with van der Waals surface area (Å²) in [5.41, 5.74) is -1.43. The average Bonchev–Trinajstić information content (AvgIpc) is 2.93. The quantitative estimate of drug-likeness (QED) is 0.849. The van der Waals surface area contributed by atoms with Crippen molar-refractivity contribution < 1.29 is 27.4 Å². The SMILES string of the molecule is O=C(c1cc(C(F)(F)F)[nH]n1)N1CCOCC2(CCOCC2)C1. The highest BCUT2D eigenvalue weighted by molar-refractivity contribution is 5.92. The van der Waals surface area contributed by atoms with E-state index in [1.807, 2.05) is 5.10 Å². The van der Waals surface area contributed by atoms with Crippen molar-refractivity contribution in [2.24, 2.45) is 5.41 Å². The fraction of sp³-hybridized carbons (Fsp3) is 0.714. The third-order valence-corrected chi connectivity index (χ3v) is 4.38. The van der Waals surface area contributed by atoms with E-state index in [0.29, 0.717) is 39.5 Å². The molecule has 2 fully saturated rings. The standard InChI is InChI=1S/C14H18F3N3O3/c15-14(16,17)11-7-10(18-19-11)12(21)20-3-6-23-9-13(8-20)1-4-22-5-2-13/h7H,1-6,8-9H2,(H,18,19). The number of carbonyl (C=O) groups excluding carboxylic acids is 1. The Kier molecular flexibility index (Phi) is 4.33. The van der Waals surface area contributed by atoms with E-state index in [1.165, 1.54) is 4.90 Å². The van der Waals surface area contributed by atoms with Crippen molar-refractivity contribution in [2.75, 3.05) is 39.5 Å². The van der Waals surface area contributed by atoms with Crippen molar-refractivity contribution in [3.63, 3.8) is 0 Å². The van der Waals surface area contributed by atoms with Crippen molar-refractivity contribution in [1.29, 1.82) is 0 Å². The fourth-order valence-electron chi connectivity index (χ4n) is 3.01. The summed E-state index contributed by atoms with van der Waals surface area (Å²) in [6, 6.07) is 0.755. The van der Waals surface area contributed by atoms with Gasteiger partial charge in [0.2, 0.25) is 0 Å². The van der Waals surface area contributed by atoms with Crippen LogP contribution < -0.4 is 0 Å². The first-order valence-electron chi connectivity index (χ1n) is 7.47. The normalized spacial score (nSPS) is 22.1. The van der Waals surface area contributed by atoms with Gasteiger partial charge in [0.15, 0.2) is 5.69 Å². The van der Waals surface area contributed by atoms with Gasteiger partial charge in [-0.05, 0) is 12.8 Å². The number of carbonyl (C=O) groups is 1. The number of hydrogen-bond acceptors (Lipinski definition) is 4. The molecule has 9 heteroatoms. The van der Waals surface area contributed by atoms with Crippen LogP contribution in [0.15, 0.2) is 6.07 Å². The van der Waals surface area contributed by atoms with Crippen molar-refractivity contribution in [2.45, 2.75) is 19.0 Å². The zero-order valence-corrected chi connectivity index (χ0v) is 12.5. The van der Waals surface area contributed by atoms with Gasteiger partial charge >= 0.3 is 6.18 Å². The number of aromatic amines is 1. The zero-order valence-electron chi connectivity index (χ0n) is 12.5. The number of alkyl halides is 3. The maximum Gasteiger partial charge on any atom is 0.432 e. The molecule has 0 saturated carbocycles. The lowest BCUT2D eigenvalue weighted by molar-refractivity contribution is -0.141. The Balaban J connectivity index is 1.76. The first kappa shape index (κ1) is 16.3. The van der Waals surface area contributed by atoms with Crippen LogP contribution in [0, 0.1) is 5.41 Å². The number of rotatable bonds is 1. The lowest BCUT2D eigenvalue weighted by Crippen LogP contribution is -2.44. The van der Waals surface area contributed by atoms with Gasteiger partial charge in [-0.15, -0.1) is 0 Å². The summed E-state index contributed by atoms with van der Waals surface area (Å²) in [6.07, 6.45) is -3.01. The number of aromatic nitrogens is 2. The molecule has 23 heavy (non-hydrogen) atoms. The Hall–Kier alpha value is -1.61. The van der Waals surface area contributed by atoms with Gasteiger partial charge in [-0.3, -0.25) is 9.89 Å². The predicted octanol–water partition coefficient (Wildman–Crippen LogP) is 1.70. The second-order valence-electron chi connectivity index (χ2n) is 6.06. The molecule has 1 spiro atoms. The third kappa shape index (κ3) is 3.50. The lowest BCUT2D eigenvalue weighted by Gasteiger charge is -2.38. The van der Waals surface area contributed by atoms with Gasteiger partial charge in [0, 0.05) is 37.8 Å². The summed E-state index contributed by atoms with van der Waals surface area (Å²) in [5.74, 6) is -0.506. The van der Waals surface area contributed by atoms with Gasteiger partial charge in [0.1, 0.15) is 5.69 Å². The van der Waals surface area contributed by atoms with E-state index >= 15 is 0 Å². The second-order valence-corrected chi connectivity index (χ2v) is 6.06. The summed E-state index contributed by atoms with van der Waals surface area (Å²) in [5, 5.41) is 5.40. The summed E-state index contributed by atoms with van der Waals surface area (Å²) in [4.78, 5) is 14.0. The number of nitrogens with zero attached hydrogens (tertiary/aromatic N) is 2. The smallest absolute Gasteiger partial charge is 0.381 e. The van der Waals surface area contributed by atoms with Crippen LogP contribution in [-0.4, -0.2) is 60.5 Å². The maximum absolute atomic E-state index is 12.6. The summed E-state index contributed by atoms with van der Waals surface area (Å²) in [6.45, 7) is 2.90. The van der Waals surface area contributed by atoms with Crippen LogP contribution in [0.1, 0.15) is 29.0 Å². The van der Waals surface area contributed by atoms with Gasteiger partial charge in [-0.2, -0.15) is 18.3 Å². The number of nitrogens with one attached hydrogen (secondary N) is 1. The molecule has 2 aliphatic rings. The summed E-state index contributed by atoms with van der Waals surface area (Å²) < 4.78 is 48.8. The molecule has 0 bridgehead atoms. The third-order valence-electron chi connectivity index (χ3n) is 4.38. The Morgan fingerprint density at radius 1 is 1.26 bits per heavy atom. The molecule has 0 unspecified atom stereocenters. The van der Waals surface area contributed by atoms with Gasteiger partial charge in [0.25, 0.3) is 5.91 Å². The van der Waals surface area contributed by atoms with Gasteiger partial charge in [-0.1, -0.05) is 0 Å². The van der Waals surface area contributed by atoms with E-state index in [2.05, 4.69) is 5.10 Å². The van der Waals surface area contributed by atoms with Crippen LogP contribution in [0.3, 0.4) is 0 Å². The van der Waals surface area contributed by atoms with Gasteiger partial charge < -0.3 is 14.4 Å². The molecule has 2 aliphatic heterocycles. The average molecular weight is 333 g/mol. The van der Waals surface area contributed by atoms with Crippen molar-refractivity contribution >= 4 is 5.91 Å². The Bertz CT molecular complexity index is 567. The molecule has 0 radical (unpaired) electrons. The Morgan fingerprint density at radius 3 is 2.65 bits per heavy atom. The molecular weight excluding hydrogens is 315 g/mol. The van der Waals surface area contributed by atoms with E-state index in [-0.39, 0.29) is 11.1 Å². The summed E-state index contributed by atoms with van der Waals surface area (Å²) in [7, 11) is 0. The van der Waals surface area contributed by atoms with Crippen molar-refractivity contribution in [1.82, 2.24) is 15.1 Å². The van der Waals surface area contributed by atoms with Crippen LogP contribution >= 0.6 is 0 Å². The van der Waals surface area contributed by atoms with E-state index < -0.39 is 17.8 Å². The second kappa shape index (κ2) is 6.12. The number of ether oxygens (including phenoxy) is 2. The molecule has 1 aromatic rings. The minimum atomic E-state index is -4.55. The first-order chi connectivity index (χ1) is 10.9. The fourth-order valence-corrected chi connectivity index (χ4v) is 3.01. The van der Waals surface area contributed by atoms with Crippen molar-refractivity contribution in [3.05, 3.63) is 17.5 Å². The van der Waals surface area contributed by atoms with Gasteiger partial charge in [-0.25, -0.2) is 0 Å². The molecule has 3 heterocycles. The molecule has 2 saturated heterocycles. The van der Waals surface area contributed by atoms with E-state index in [0.717, 1.165) is 18.9 Å². The number of hydrogen-bond donors (Lipinski definition) is 1. The highest BCUT2D eigenvalue weighted by atomic mass is 19.4. The van der Waals surface area contributed by atoms with Crippen LogP contribution in [0.2, 0.25) is 0 Å². The topological polar surface area (TPSA) is 67.5 Å². The van der Waals surface area contributed by atoms with E-state index in [9.17, 15) is 18.0 Å². The molecular formula is C14H18F3N3O3. The van der Waals surface area contributed by atoms with Crippen LogP contribution in [0.5, 0.6) is 0 Å². The predicted molar refractivity (Wildman–Crippen MR) is 72.8 cm³/mol. The first-order valence-corrected chi connectivity index (χ1v) is 7.47. The highest BCUT2D eigenvalue weighted by Crippen LogP contribution is 2.34. The Morgan fingerprint density at radius 2 is 2.00 bits per heavy atom. The molecule has 1 aromatic heterocycles. The number of H-pyrrole nitrogens is 1. The molecule has 1 N–H and O–H groups in total. The molecule has 128 valence electrons. The lowest BCUT2D eigenvalue weighted by atomic mass is 9.80. The zero-order chi connectivity index (χ0) is 16.5. The van der Waals surface area contributed by atoms with Crippen LogP contribution in [-0.2, 0) is 15.7 Å².